The average molecular weight is 733 g/mol. The number of hydrogen-bond acceptors (Lipinski definition) is 14. The van der Waals surface area contributed by atoms with Crippen molar-refractivity contribution in [1.29, 1.82) is 0 Å². The van der Waals surface area contributed by atoms with Crippen LogP contribution in [0, 0.1) is 10.8 Å². The molecular weight excluding hydrogens is 680 g/mol. The smallest absolute Gasteiger partial charge is 0.317 e. The van der Waals surface area contributed by atoms with E-state index in [1.54, 1.807) is 0 Å². The van der Waals surface area contributed by atoms with Gasteiger partial charge < -0.3 is 47.4 Å². The number of esters is 4. The summed E-state index contributed by atoms with van der Waals surface area (Å²) in [6, 6.07) is 19.4. The van der Waals surface area contributed by atoms with Gasteiger partial charge in [0.2, 0.25) is 0 Å². The lowest BCUT2D eigenvalue weighted by Gasteiger charge is -2.29. The lowest BCUT2D eigenvalue weighted by atomic mass is 9.94. The van der Waals surface area contributed by atoms with Gasteiger partial charge in [-0.05, 0) is 11.1 Å². The van der Waals surface area contributed by atoms with Crippen molar-refractivity contribution < 1.29 is 66.5 Å². The molecule has 0 unspecified atom stereocenters. The minimum Gasteiger partial charge on any atom is -0.463 e. The Morgan fingerprint density at radius 3 is 1.04 bits per heavy atom. The molecule has 0 amide bonds. The Morgan fingerprint density at radius 2 is 0.750 bits per heavy atom. The molecule has 0 N–H and O–H groups in total. The summed E-state index contributed by atoms with van der Waals surface area (Å²) in [7, 11) is 0. The standard InChI is InChI=1S/C38H52O14/c1-37(29-47-23-31-9-5-3-6-10-31)25-43-13-17-49-33(39)21-35(41)51-19-15-45-27-38(2,30-48-24-32-11-7-4-8-12-32)28-46-16-20-52-36(42)22-34(40)50-18-14-44-26-37/h3-12H,13-30H2,1-2H3. The van der Waals surface area contributed by atoms with E-state index in [9.17, 15) is 19.2 Å². The van der Waals surface area contributed by atoms with Crippen LogP contribution in [0.4, 0.5) is 0 Å². The lowest BCUT2D eigenvalue weighted by molar-refractivity contribution is -0.157. The van der Waals surface area contributed by atoms with Crippen molar-refractivity contribution in [2.45, 2.75) is 39.9 Å². The number of cyclic esters (lactones) is 4. The van der Waals surface area contributed by atoms with Crippen molar-refractivity contribution in [2.75, 3.05) is 92.5 Å². The zero-order chi connectivity index (χ0) is 37.3. The van der Waals surface area contributed by atoms with Crippen molar-refractivity contribution >= 4 is 23.9 Å². The van der Waals surface area contributed by atoms with E-state index in [2.05, 4.69) is 0 Å². The zero-order valence-corrected chi connectivity index (χ0v) is 30.2. The van der Waals surface area contributed by atoms with Gasteiger partial charge in [-0.1, -0.05) is 74.5 Å². The van der Waals surface area contributed by atoms with E-state index in [4.69, 9.17) is 47.4 Å². The number of carbonyl (C=O) groups excluding carboxylic acids is 4. The van der Waals surface area contributed by atoms with Gasteiger partial charge in [0.25, 0.3) is 0 Å². The monoisotopic (exact) mass is 732 g/mol. The van der Waals surface area contributed by atoms with Crippen molar-refractivity contribution in [3.63, 3.8) is 0 Å². The summed E-state index contributed by atoms with van der Waals surface area (Å²) in [5, 5.41) is 0. The van der Waals surface area contributed by atoms with Crippen LogP contribution in [0.2, 0.25) is 0 Å². The Labute approximate surface area is 305 Å². The molecular formula is C38H52O14. The van der Waals surface area contributed by atoms with E-state index in [0.29, 0.717) is 13.2 Å². The summed E-state index contributed by atoms with van der Waals surface area (Å²) < 4.78 is 55.6. The fourth-order valence-electron chi connectivity index (χ4n) is 4.80. The topological polar surface area (TPSA) is 161 Å². The van der Waals surface area contributed by atoms with Gasteiger partial charge in [-0.15, -0.1) is 0 Å². The molecule has 1 aliphatic rings. The third-order valence-corrected chi connectivity index (χ3v) is 7.47. The predicted octanol–water partition coefficient (Wildman–Crippen LogP) is 3.47. The van der Waals surface area contributed by atoms with Crippen LogP contribution >= 0.6 is 0 Å². The predicted molar refractivity (Wildman–Crippen MR) is 185 cm³/mol. The highest BCUT2D eigenvalue weighted by Gasteiger charge is 2.28. The molecule has 0 atom stereocenters. The van der Waals surface area contributed by atoms with Gasteiger partial charge in [-0.25, -0.2) is 0 Å². The van der Waals surface area contributed by atoms with Gasteiger partial charge >= 0.3 is 23.9 Å². The Bertz CT molecular complexity index is 1170. The summed E-state index contributed by atoms with van der Waals surface area (Å²) >= 11 is 0. The van der Waals surface area contributed by atoms with Crippen LogP contribution in [-0.2, 0) is 79.8 Å². The Hall–Kier alpha value is -3.92. The molecule has 1 aliphatic heterocycles. The molecule has 0 bridgehead atoms. The molecule has 0 spiro atoms. The highest BCUT2D eigenvalue weighted by molar-refractivity contribution is 5.91. The van der Waals surface area contributed by atoms with Crippen molar-refractivity contribution in [3.05, 3.63) is 71.8 Å². The van der Waals surface area contributed by atoms with Crippen molar-refractivity contribution in [2.24, 2.45) is 10.8 Å². The summed E-state index contributed by atoms with van der Waals surface area (Å²) in [6.45, 7) is 6.03. The summed E-state index contributed by atoms with van der Waals surface area (Å²) in [6.07, 6.45) is -1.10. The first-order chi connectivity index (χ1) is 25.1. The number of carbonyl (C=O) groups is 4. The first-order valence-corrected chi connectivity index (χ1v) is 17.3. The second kappa shape index (κ2) is 24.3. The van der Waals surface area contributed by atoms with E-state index < -0.39 is 47.5 Å². The van der Waals surface area contributed by atoms with Crippen LogP contribution in [0.5, 0.6) is 0 Å². The second-order valence-corrected chi connectivity index (χ2v) is 13.0. The van der Waals surface area contributed by atoms with Gasteiger partial charge in [-0.2, -0.15) is 0 Å². The van der Waals surface area contributed by atoms with Gasteiger partial charge in [0.15, 0.2) is 0 Å². The van der Waals surface area contributed by atoms with Crippen molar-refractivity contribution in [3.8, 4) is 0 Å². The number of hydrogen-bond donors (Lipinski definition) is 0. The van der Waals surface area contributed by atoms with Crippen LogP contribution in [0.25, 0.3) is 0 Å². The number of rotatable bonds is 8. The molecule has 288 valence electrons. The Kier molecular flexibility index (Phi) is 19.9. The third-order valence-electron chi connectivity index (χ3n) is 7.47. The normalized spacial score (nSPS) is 23.6. The molecule has 1 heterocycles. The number of ether oxygens (including phenoxy) is 10. The fourth-order valence-corrected chi connectivity index (χ4v) is 4.80. The molecule has 2 aromatic carbocycles. The minimum absolute atomic E-state index is 0.0670. The molecule has 1 fully saturated rings. The first-order valence-electron chi connectivity index (χ1n) is 17.3. The number of benzene rings is 2. The average Bonchev–Trinajstić information content (AvgIpc) is 3.11. The summed E-state index contributed by atoms with van der Waals surface area (Å²) in [5.74, 6) is -2.94. The Balaban J connectivity index is 1.51. The Morgan fingerprint density at radius 1 is 0.462 bits per heavy atom. The maximum absolute atomic E-state index is 12.2. The molecule has 0 saturated carbocycles. The molecule has 0 aliphatic carbocycles. The van der Waals surface area contributed by atoms with Gasteiger partial charge in [-0.3, -0.25) is 19.2 Å². The van der Waals surface area contributed by atoms with Crippen LogP contribution < -0.4 is 0 Å². The second-order valence-electron chi connectivity index (χ2n) is 13.0. The maximum Gasteiger partial charge on any atom is 0.317 e. The van der Waals surface area contributed by atoms with Gasteiger partial charge in [0, 0.05) is 10.8 Å². The van der Waals surface area contributed by atoms with Gasteiger partial charge in [0.05, 0.1) is 79.3 Å². The zero-order valence-electron chi connectivity index (χ0n) is 30.2. The van der Waals surface area contributed by atoms with E-state index in [1.807, 2.05) is 74.5 Å². The molecule has 52 heavy (non-hydrogen) atoms. The summed E-state index contributed by atoms with van der Waals surface area (Å²) in [5.41, 5.74) is 0.814. The van der Waals surface area contributed by atoms with Crippen LogP contribution in [0.15, 0.2) is 60.7 Å². The molecule has 0 radical (unpaired) electrons. The molecule has 14 heteroatoms. The molecule has 14 nitrogen and oxygen atoms in total. The minimum atomic E-state index is -0.736. The van der Waals surface area contributed by atoms with E-state index in [1.165, 1.54) is 0 Å². The molecule has 1 saturated heterocycles. The van der Waals surface area contributed by atoms with Crippen molar-refractivity contribution in [1.82, 2.24) is 0 Å². The van der Waals surface area contributed by atoms with E-state index in [-0.39, 0.29) is 92.5 Å². The summed E-state index contributed by atoms with van der Waals surface area (Å²) in [4.78, 5) is 48.8. The van der Waals surface area contributed by atoms with Crippen LogP contribution in [0.1, 0.15) is 37.8 Å². The SMILES string of the molecule is CC1(COCc2ccccc2)COCCOC(=O)CC(=O)OCCOCC(C)(COCc2ccccc2)COCCOC(=O)CC(=O)OCCOC1. The first kappa shape index (κ1) is 42.5. The van der Waals surface area contributed by atoms with Crippen LogP contribution in [-0.4, -0.2) is 116 Å². The maximum atomic E-state index is 12.2. The third kappa shape index (κ3) is 19.1. The molecule has 0 aromatic heterocycles. The van der Waals surface area contributed by atoms with Gasteiger partial charge in [0.1, 0.15) is 39.3 Å². The quantitative estimate of drug-likeness (QED) is 0.221. The highest BCUT2D eigenvalue weighted by atomic mass is 16.6. The molecule has 2 aromatic rings. The highest BCUT2D eigenvalue weighted by Crippen LogP contribution is 2.21. The van der Waals surface area contributed by atoms with E-state index >= 15 is 0 Å². The van der Waals surface area contributed by atoms with Crippen LogP contribution in [0.3, 0.4) is 0 Å². The molecule has 3 rings (SSSR count). The largest absolute Gasteiger partial charge is 0.463 e. The van der Waals surface area contributed by atoms with E-state index in [0.717, 1.165) is 11.1 Å². The lowest BCUT2D eigenvalue weighted by Crippen LogP contribution is -2.35. The fraction of sp³-hybridized carbons (Fsp3) is 0.579.